The molecule has 0 saturated carbocycles. The van der Waals surface area contributed by atoms with Gasteiger partial charge in [0.1, 0.15) is 23.1 Å². The molecule has 0 radical (unpaired) electrons. The molecule has 1 amide bonds. The zero-order valence-electron chi connectivity index (χ0n) is 20.2. The van der Waals surface area contributed by atoms with E-state index in [1.165, 1.54) is 8.87 Å². The SMILES string of the molecule is C[C@H](Oc1cc(-n2nc3n(c2=O)CCCC3)c(F)cc1C(=O)NC1CCN(S(C)(=O)=O)CC1)C(F)(F)F. The van der Waals surface area contributed by atoms with Gasteiger partial charge in [-0.1, -0.05) is 0 Å². The van der Waals surface area contributed by atoms with Crippen LogP contribution in [-0.4, -0.2) is 70.6 Å². The minimum absolute atomic E-state index is 0.152. The van der Waals surface area contributed by atoms with E-state index in [0.717, 1.165) is 42.8 Å². The molecule has 10 nitrogen and oxygen atoms in total. The molecule has 2 aromatic rings. The van der Waals surface area contributed by atoms with Crippen molar-refractivity contribution in [2.24, 2.45) is 0 Å². The van der Waals surface area contributed by atoms with Gasteiger partial charge in [-0.3, -0.25) is 9.36 Å². The average Bonchev–Trinajstić information content (AvgIpc) is 3.15. The summed E-state index contributed by atoms with van der Waals surface area (Å²) in [5.74, 6) is -2.06. The highest BCUT2D eigenvalue weighted by molar-refractivity contribution is 7.88. The first-order chi connectivity index (χ1) is 17.3. The second kappa shape index (κ2) is 10.1. The predicted octanol–water partition coefficient (Wildman–Crippen LogP) is 1.99. The molecule has 2 aliphatic rings. The van der Waals surface area contributed by atoms with Gasteiger partial charge in [-0.15, -0.1) is 5.10 Å². The van der Waals surface area contributed by atoms with Crippen molar-refractivity contribution in [2.75, 3.05) is 19.3 Å². The lowest BCUT2D eigenvalue weighted by Gasteiger charge is -2.30. The van der Waals surface area contributed by atoms with Crippen molar-refractivity contribution in [2.45, 2.75) is 63.9 Å². The van der Waals surface area contributed by atoms with E-state index in [1.54, 1.807) is 0 Å². The lowest BCUT2D eigenvalue weighted by atomic mass is 10.1. The van der Waals surface area contributed by atoms with Crippen LogP contribution >= 0.6 is 0 Å². The minimum Gasteiger partial charge on any atom is -0.480 e. The van der Waals surface area contributed by atoms with Crippen LogP contribution in [0.5, 0.6) is 5.75 Å². The van der Waals surface area contributed by atoms with Crippen molar-refractivity contribution < 1.29 is 35.5 Å². The van der Waals surface area contributed by atoms with Gasteiger partial charge < -0.3 is 10.1 Å². The van der Waals surface area contributed by atoms with E-state index in [2.05, 4.69) is 10.4 Å². The van der Waals surface area contributed by atoms with Gasteiger partial charge in [0.2, 0.25) is 10.0 Å². The number of aryl methyl sites for hydroxylation is 1. The number of aromatic nitrogens is 3. The quantitative estimate of drug-likeness (QED) is 0.552. The lowest BCUT2D eigenvalue weighted by molar-refractivity contribution is -0.189. The number of fused-ring (bicyclic) bond motifs is 1. The molecular formula is C22H27F4N5O5S. The molecule has 0 unspecified atom stereocenters. The summed E-state index contributed by atoms with van der Waals surface area (Å²) in [5, 5.41) is 6.76. The van der Waals surface area contributed by atoms with Crippen LogP contribution in [0.15, 0.2) is 16.9 Å². The summed E-state index contributed by atoms with van der Waals surface area (Å²) in [6.45, 7) is 1.44. The number of hydrogen-bond donors (Lipinski definition) is 1. The number of carbonyl (C=O) groups excluding carboxylic acids is 1. The molecule has 2 aliphatic heterocycles. The maximum atomic E-state index is 15.2. The summed E-state index contributed by atoms with van der Waals surface area (Å²) in [6.07, 6.45) is -3.47. The second-order valence-electron chi connectivity index (χ2n) is 9.23. The van der Waals surface area contributed by atoms with Crippen LogP contribution < -0.4 is 15.7 Å². The number of piperidine rings is 1. The van der Waals surface area contributed by atoms with Crippen LogP contribution in [0.25, 0.3) is 5.69 Å². The van der Waals surface area contributed by atoms with Crippen molar-refractivity contribution in [1.29, 1.82) is 0 Å². The Kier molecular flexibility index (Phi) is 7.38. The molecule has 1 N–H and O–H groups in total. The predicted molar refractivity (Wildman–Crippen MR) is 124 cm³/mol. The van der Waals surface area contributed by atoms with Crippen molar-refractivity contribution in [3.05, 3.63) is 39.8 Å². The Morgan fingerprint density at radius 1 is 1.19 bits per heavy atom. The molecule has 1 saturated heterocycles. The molecule has 1 aromatic heterocycles. The monoisotopic (exact) mass is 549 g/mol. The molecule has 0 spiro atoms. The largest absolute Gasteiger partial charge is 0.480 e. The van der Waals surface area contributed by atoms with Crippen LogP contribution in [0.4, 0.5) is 17.6 Å². The second-order valence-corrected chi connectivity index (χ2v) is 11.2. The van der Waals surface area contributed by atoms with Crippen LogP contribution in [0, 0.1) is 5.82 Å². The Morgan fingerprint density at radius 2 is 1.86 bits per heavy atom. The number of hydrogen-bond acceptors (Lipinski definition) is 6. The summed E-state index contributed by atoms with van der Waals surface area (Å²) in [6, 6.07) is 1.11. The normalized spacial score (nSPS) is 18.3. The molecule has 4 rings (SSSR count). The molecular weight excluding hydrogens is 522 g/mol. The van der Waals surface area contributed by atoms with Crippen LogP contribution in [0.1, 0.15) is 48.8 Å². The van der Waals surface area contributed by atoms with Crippen molar-refractivity contribution in [1.82, 2.24) is 24.0 Å². The summed E-state index contributed by atoms with van der Waals surface area (Å²) in [4.78, 5) is 25.8. The molecule has 1 atom stereocenters. The first-order valence-corrected chi connectivity index (χ1v) is 13.6. The summed E-state index contributed by atoms with van der Waals surface area (Å²) < 4.78 is 86.9. The number of sulfonamides is 1. The van der Waals surface area contributed by atoms with Gasteiger partial charge in [-0.2, -0.15) is 17.9 Å². The van der Waals surface area contributed by atoms with Crippen LogP contribution in [0.3, 0.4) is 0 Å². The molecule has 0 aliphatic carbocycles. The number of ether oxygens (including phenoxy) is 1. The maximum Gasteiger partial charge on any atom is 0.425 e. The van der Waals surface area contributed by atoms with E-state index in [-0.39, 0.29) is 25.9 Å². The molecule has 3 heterocycles. The van der Waals surface area contributed by atoms with Crippen molar-refractivity contribution in [3.8, 4) is 11.4 Å². The van der Waals surface area contributed by atoms with Gasteiger partial charge in [0, 0.05) is 38.2 Å². The number of nitrogens with one attached hydrogen (secondary N) is 1. The number of carbonyl (C=O) groups is 1. The summed E-state index contributed by atoms with van der Waals surface area (Å²) >= 11 is 0. The van der Waals surface area contributed by atoms with Gasteiger partial charge in [-0.05, 0) is 38.7 Å². The lowest BCUT2D eigenvalue weighted by Crippen LogP contribution is -2.46. The zero-order valence-corrected chi connectivity index (χ0v) is 21.0. The highest BCUT2D eigenvalue weighted by atomic mass is 32.2. The van der Waals surface area contributed by atoms with E-state index < -0.39 is 62.8 Å². The topological polar surface area (TPSA) is 116 Å². The first-order valence-electron chi connectivity index (χ1n) is 11.8. The number of alkyl halides is 3. The Morgan fingerprint density at radius 3 is 2.46 bits per heavy atom. The van der Waals surface area contributed by atoms with E-state index >= 15 is 4.39 Å². The third-order valence-electron chi connectivity index (χ3n) is 6.52. The number of amides is 1. The van der Waals surface area contributed by atoms with Crippen LogP contribution in [-0.2, 0) is 23.0 Å². The van der Waals surface area contributed by atoms with E-state index in [0.29, 0.717) is 18.8 Å². The fraction of sp³-hybridized carbons (Fsp3) is 0.591. The van der Waals surface area contributed by atoms with E-state index in [4.69, 9.17) is 4.74 Å². The Labute approximate surface area is 210 Å². The third-order valence-corrected chi connectivity index (χ3v) is 7.82. The van der Waals surface area contributed by atoms with Crippen LogP contribution in [0.2, 0.25) is 0 Å². The summed E-state index contributed by atoms with van der Waals surface area (Å²) in [7, 11) is -3.40. The number of nitrogens with zero attached hydrogens (tertiary/aromatic N) is 4. The molecule has 204 valence electrons. The minimum atomic E-state index is -4.77. The van der Waals surface area contributed by atoms with Gasteiger partial charge in [0.25, 0.3) is 5.91 Å². The highest BCUT2D eigenvalue weighted by Crippen LogP contribution is 2.31. The first kappa shape index (κ1) is 27.1. The smallest absolute Gasteiger partial charge is 0.425 e. The number of benzene rings is 1. The standard InChI is InChI=1S/C22H27F4N5O5S/c1-13(22(24,25)26)36-18-12-17(31-21(33)30-8-4-3-5-19(30)28-31)16(23)11-15(18)20(32)27-14-6-9-29(10-7-14)37(2,34)35/h11-14H,3-10H2,1-2H3,(H,27,32)/t13-/m0/s1. The van der Waals surface area contributed by atoms with Gasteiger partial charge in [0.05, 0.1) is 11.8 Å². The Balaban J connectivity index is 1.66. The molecule has 1 fully saturated rings. The molecule has 37 heavy (non-hydrogen) atoms. The summed E-state index contributed by atoms with van der Waals surface area (Å²) in [5.41, 5.74) is -1.56. The fourth-order valence-corrected chi connectivity index (χ4v) is 5.26. The van der Waals surface area contributed by atoms with E-state index in [9.17, 15) is 31.2 Å². The maximum absolute atomic E-state index is 15.2. The fourth-order valence-electron chi connectivity index (χ4n) is 4.39. The molecule has 0 bridgehead atoms. The van der Waals surface area contributed by atoms with E-state index in [1.807, 2.05) is 0 Å². The average molecular weight is 550 g/mol. The Bertz CT molecular complexity index is 1350. The van der Waals surface area contributed by atoms with Gasteiger partial charge in [-0.25, -0.2) is 21.9 Å². The van der Waals surface area contributed by atoms with Crippen molar-refractivity contribution in [3.63, 3.8) is 0 Å². The molecule has 15 heteroatoms. The number of rotatable bonds is 6. The Hall–Kier alpha value is -2.94. The van der Waals surface area contributed by atoms with Gasteiger partial charge >= 0.3 is 11.9 Å². The molecule has 1 aromatic carbocycles. The third kappa shape index (κ3) is 5.81. The van der Waals surface area contributed by atoms with Crippen molar-refractivity contribution >= 4 is 15.9 Å². The zero-order chi connectivity index (χ0) is 27.1. The number of halogens is 4. The van der Waals surface area contributed by atoms with Gasteiger partial charge in [0.15, 0.2) is 6.10 Å². The highest BCUT2D eigenvalue weighted by Gasteiger charge is 2.39.